The van der Waals surface area contributed by atoms with Crippen molar-refractivity contribution in [3.05, 3.63) is 0 Å². The summed E-state index contributed by atoms with van der Waals surface area (Å²) in [5.41, 5.74) is -0.566. The van der Waals surface area contributed by atoms with Gasteiger partial charge in [-0.25, -0.2) is 4.79 Å². The third kappa shape index (κ3) is 3.12. The van der Waals surface area contributed by atoms with Crippen molar-refractivity contribution in [2.45, 2.75) is 83.3 Å². The molecular formula is C18H31N3O2. The van der Waals surface area contributed by atoms with Crippen LogP contribution in [0.3, 0.4) is 0 Å². The Morgan fingerprint density at radius 2 is 1.91 bits per heavy atom. The molecule has 0 radical (unpaired) electrons. The van der Waals surface area contributed by atoms with Crippen LogP contribution in [0.2, 0.25) is 0 Å². The first-order valence-electron chi connectivity index (χ1n) is 9.38. The molecule has 1 saturated heterocycles. The summed E-state index contributed by atoms with van der Waals surface area (Å²) in [6, 6.07) is 0.984. The Morgan fingerprint density at radius 3 is 2.48 bits per heavy atom. The maximum absolute atomic E-state index is 12.7. The molecule has 0 aromatic heterocycles. The predicted molar refractivity (Wildman–Crippen MR) is 90.1 cm³/mol. The van der Waals surface area contributed by atoms with Crippen LogP contribution in [0.5, 0.6) is 0 Å². The minimum absolute atomic E-state index is 0.0203. The van der Waals surface area contributed by atoms with Crippen LogP contribution >= 0.6 is 0 Å². The lowest BCUT2D eigenvalue weighted by atomic mass is 9.98. The van der Waals surface area contributed by atoms with Gasteiger partial charge in [0.15, 0.2) is 0 Å². The van der Waals surface area contributed by atoms with Crippen molar-refractivity contribution in [2.24, 2.45) is 5.92 Å². The fourth-order valence-corrected chi connectivity index (χ4v) is 4.21. The van der Waals surface area contributed by atoms with Gasteiger partial charge in [-0.15, -0.1) is 0 Å². The van der Waals surface area contributed by atoms with Crippen LogP contribution in [-0.2, 0) is 4.79 Å². The van der Waals surface area contributed by atoms with Crippen LogP contribution in [0.1, 0.15) is 65.7 Å². The molecule has 1 heterocycles. The smallest absolute Gasteiger partial charge is 0.323 e. The molecule has 3 rings (SSSR count). The second kappa shape index (κ2) is 6.42. The first kappa shape index (κ1) is 16.7. The highest BCUT2D eigenvalue weighted by Gasteiger charge is 2.52. The van der Waals surface area contributed by atoms with Crippen molar-refractivity contribution in [3.63, 3.8) is 0 Å². The highest BCUT2D eigenvalue weighted by molar-refractivity contribution is 6.07. The Hall–Kier alpha value is -1.10. The minimum Gasteiger partial charge on any atom is -0.323 e. The van der Waals surface area contributed by atoms with Crippen molar-refractivity contribution < 1.29 is 9.59 Å². The highest BCUT2D eigenvalue weighted by Crippen LogP contribution is 2.35. The Bertz CT molecular complexity index is 469. The average molecular weight is 321 g/mol. The van der Waals surface area contributed by atoms with E-state index in [-0.39, 0.29) is 11.9 Å². The van der Waals surface area contributed by atoms with Crippen molar-refractivity contribution >= 4 is 11.9 Å². The predicted octanol–water partition coefficient (Wildman–Crippen LogP) is 2.75. The van der Waals surface area contributed by atoms with Crippen LogP contribution in [0.4, 0.5) is 4.79 Å². The van der Waals surface area contributed by atoms with Crippen molar-refractivity contribution in [1.82, 2.24) is 15.1 Å². The molecular weight excluding hydrogens is 290 g/mol. The van der Waals surface area contributed by atoms with Gasteiger partial charge < -0.3 is 5.32 Å². The Labute approximate surface area is 139 Å². The molecule has 0 aromatic rings. The zero-order valence-corrected chi connectivity index (χ0v) is 14.8. The van der Waals surface area contributed by atoms with E-state index in [1.165, 1.54) is 17.7 Å². The number of imide groups is 1. The highest BCUT2D eigenvalue weighted by atomic mass is 16.2. The normalized spacial score (nSPS) is 26.2. The van der Waals surface area contributed by atoms with Gasteiger partial charge in [0.25, 0.3) is 5.91 Å². The maximum atomic E-state index is 12.7. The molecule has 3 aliphatic rings. The van der Waals surface area contributed by atoms with Gasteiger partial charge in [-0.05, 0) is 38.5 Å². The molecule has 5 heteroatoms. The molecule has 23 heavy (non-hydrogen) atoms. The van der Waals surface area contributed by atoms with E-state index in [9.17, 15) is 9.59 Å². The third-order valence-electron chi connectivity index (χ3n) is 6.29. The minimum atomic E-state index is -0.566. The van der Waals surface area contributed by atoms with Gasteiger partial charge in [0.1, 0.15) is 5.54 Å². The summed E-state index contributed by atoms with van der Waals surface area (Å²) in [6.07, 6.45) is 7.37. The van der Waals surface area contributed by atoms with Crippen molar-refractivity contribution in [2.75, 3.05) is 13.1 Å². The molecule has 2 saturated carbocycles. The summed E-state index contributed by atoms with van der Waals surface area (Å²) in [5, 5.41) is 2.98. The summed E-state index contributed by atoms with van der Waals surface area (Å²) in [4.78, 5) is 29.0. The molecule has 1 aliphatic heterocycles. The first-order chi connectivity index (χ1) is 11.0. The molecule has 1 N–H and O–H groups in total. The second-order valence-electron chi connectivity index (χ2n) is 7.77. The van der Waals surface area contributed by atoms with Gasteiger partial charge in [0.05, 0.1) is 0 Å². The van der Waals surface area contributed by atoms with Gasteiger partial charge in [-0.1, -0.05) is 33.1 Å². The fraction of sp³-hybridized carbons (Fsp3) is 0.889. The lowest BCUT2D eigenvalue weighted by Crippen LogP contribution is -2.46. The summed E-state index contributed by atoms with van der Waals surface area (Å²) in [6.45, 7) is 8.15. The summed E-state index contributed by atoms with van der Waals surface area (Å²) in [7, 11) is 0. The van der Waals surface area contributed by atoms with Gasteiger partial charge in [0, 0.05) is 25.2 Å². The summed E-state index contributed by atoms with van der Waals surface area (Å²) < 4.78 is 0. The number of carbonyl (C=O) groups is 2. The maximum Gasteiger partial charge on any atom is 0.325 e. The van der Waals surface area contributed by atoms with E-state index >= 15 is 0 Å². The number of rotatable bonds is 7. The van der Waals surface area contributed by atoms with E-state index in [2.05, 4.69) is 31.0 Å². The van der Waals surface area contributed by atoms with Gasteiger partial charge in [0.2, 0.25) is 0 Å². The largest absolute Gasteiger partial charge is 0.325 e. The SMILES string of the molecule is CCC(C)C(C)N(CCN1C(=O)NC2(CCCC2)C1=O)C1CC1. The van der Waals surface area contributed by atoms with E-state index in [0.29, 0.717) is 24.5 Å². The monoisotopic (exact) mass is 321 g/mol. The van der Waals surface area contributed by atoms with E-state index in [1.807, 2.05) is 0 Å². The zero-order chi connectivity index (χ0) is 16.6. The standard InChI is InChI=1S/C18H31N3O2/c1-4-13(2)14(3)20(15-7-8-15)11-12-21-16(22)18(19-17(21)23)9-5-6-10-18/h13-15H,4-12H2,1-3H3,(H,19,23). The van der Waals surface area contributed by atoms with Crippen LogP contribution in [-0.4, -0.2) is 52.5 Å². The third-order valence-corrected chi connectivity index (χ3v) is 6.29. The molecule has 0 aromatic carbocycles. The van der Waals surface area contributed by atoms with E-state index in [0.717, 1.165) is 38.6 Å². The summed E-state index contributed by atoms with van der Waals surface area (Å²) in [5.74, 6) is 0.659. The van der Waals surface area contributed by atoms with Crippen LogP contribution in [0, 0.1) is 5.92 Å². The first-order valence-corrected chi connectivity index (χ1v) is 9.38. The molecule has 3 fully saturated rings. The average Bonchev–Trinajstić information content (AvgIpc) is 3.22. The van der Waals surface area contributed by atoms with E-state index in [4.69, 9.17) is 0 Å². The van der Waals surface area contributed by atoms with Crippen LogP contribution in [0.25, 0.3) is 0 Å². The zero-order valence-electron chi connectivity index (χ0n) is 14.8. The summed E-state index contributed by atoms with van der Waals surface area (Å²) >= 11 is 0. The Balaban J connectivity index is 1.62. The lowest BCUT2D eigenvalue weighted by molar-refractivity contribution is -0.131. The second-order valence-corrected chi connectivity index (χ2v) is 7.77. The molecule has 1 spiro atoms. The number of carbonyl (C=O) groups excluding carboxylic acids is 2. The number of amides is 3. The molecule has 3 amide bonds. The quantitative estimate of drug-likeness (QED) is 0.734. The van der Waals surface area contributed by atoms with Crippen molar-refractivity contribution in [1.29, 1.82) is 0 Å². The van der Waals surface area contributed by atoms with Crippen LogP contribution < -0.4 is 5.32 Å². The molecule has 2 atom stereocenters. The fourth-order valence-electron chi connectivity index (χ4n) is 4.21. The molecule has 130 valence electrons. The van der Waals surface area contributed by atoms with Crippen molar-refractivity contribution in [3.8, 4) is 0 Å². The Kier molecular flexibility index (Phi) is 4.68. The molecule has 0 bridgehead atoms. The lowest BCUT2D eigenvalue weighted by Gasteiger charge is -2.34. The Morgan fingerprint density at radius 1 is 1.26 bits per heavy atom. The van der Waals surface area contributed by atoms with E-state index in [1.54, 1.807) is 0 Å². The van der Waals surface area contributed by atoms with Gasteiger partial charge in [-0.2, -0.15) is 0 Å². The number of urea groups is 1. The van der Waals surface area contributed by atoms with Gasteiger partial charge >= 0.3 is 6.03 Å². The van der Waals surface area contributed by atoms with Crippen LogP contribution in [0.15, 0.2) is 0 Å². The topological polar surface area (TPSA) is 52.6 Å². The number of nitrogens with one attached hydrogen (secondary N) is 1. The molecule has 2 aliphatic carbocycles. The van der Waals surface area contributed by atoms with E-state index < -0.39 is 5.54 Å². The number of hydrogen-bond acceptors (Lipinski definition) is 3. The molecule has 5 nitrogen and oxygen atoms in total. The van der Waals surface area contributed by atoms with Gasteiger partial charge in [-0.3, -0.25) is 14.6 Å². The number of nitrogens with zero attached hydrogens (tertiary/aromatic N) is 2. The molecule has 2 unspecified atom stereocenters. The number of hydrogen-bond donors (Lipinski definition) is 1.